The van der Waals surface area contributed by atoms with Crippen molar-refractivity contribution in [2.75, 3.05) is 10.6 Å². The molecule has 1 aromatic carbocycles. The molecular weight excluding hydrogens is 240 g/mol. The highest BCUT2D eigenvalue weighted by Gasteiger charge is 2.27. The number of carbonyl (C=O) groups is 1. The van der Waals surface area contributed by atoms with Crippen molar-refractivity contribution in [2.24, 2.45) is 5.73 Å². The van der Waals surface area contributed by atoms with Crippen molar-refractivity contribution in [1.29, 1.82) is 0 Å². The van der Waals surface area contributed by atoms with E-state index < -0.39 is 22.0 Å². The van der Waals surface area contributed by atoms with Crippen LogP contribution < -0.4 is 10.0 Å². The molecule has 0 aromatic heterocycles. The zero-order valence-corrected chi connectivity index (χ0v) is 10.9. The monoisotopic (exact) mass is 256 g/mol. The van der Waals surface area contributed by atoms with Crippen LogP contribution in [0.15, 0.2) is 24.3 Å². The van der Waals surface area contributed by atoms with Gasteiger partial charge in [-0.05, 0) is 26.0 Å². The standard InChI is InChI=1S/C11H16N2O3S/c1-8-4-6-10(7-5-8)13(17(3,15)16)9(2)11(12)14/h4-7,9H,1-3H3,(H2,12,14). The fraction of sp³-hybridized carbons (Fsp3) is 0.364. The van der Waals surface area contributed by atoms with E-state index in [1.165, 1.54) is 6.92 Å². The summed E-state index contributed by atoms with van der Waals surface area (Å²) >= 11 is 0. The summed E-state index contributed by atoms with van der Waals surface area (Å²) < 4.78 is 24.4. The zero-order chi connectivity index (χ0) is 13.2. The summed E-state index contributed by atoms with van der Waals surface area (Å²) in [7, 11) is -3.54. The number of carbonyl (C=O) groups excluding carboxylic acids is 1. The number of sulfonamides is 1. The highest BCUT2D eigenvalue weighted by Crippen LogP contribution is 2.20. The topological polar surface area (TPSA) is 80.5 Å². The minimum absolute atomic E-state index is 0.435. The maximum absolute atomic E-state index is 11.7. The molecule has 0 aliphatic rings. The number of primary amides is 1. The van der Waals surface area contributed by atoms with Gasteiger partial charge in [-0.1, -0.05) is 17.7 Å². The molecule has 2 N–H and O–H groups in total. The van der Waals surface area contributed by atoms with E-state index in [4.69, 9.17) is 5.73 Å². The fourth-order valence-electron chi connectivity index (χ4n) is 1.51. The molecule has 1 rings (SSSR count). The molecule has 0 spiro atoms. The Hall–Kier alpha value is -1.56. The minimum atomic E-state index is -3.54. The van der Waals surface area contributed by atoms with Crippen LogP contribution in [0.1, 0.15) is 12.5 Å². The fourth-order valence-corrected chi connectivity index (χ4v) is 2.69. The lowest BCUT2D eigenvalue weighted by Crippen LogP contribution is -2.45. The maximum Gasteiger partial charge on any atom is 0.241 e. The summed E-state index contributed by atoms with van der Waals surface area (Å²) in [5, 5.41) is 0. The number of hydrogen-bond acceptors (Lipinski definition) is 3. The number of anilines is 1. The second-order valence-corrected chi connectivity index (χ2v) is 5.83. The predicted octanol–water partition coefficient (Wildman–Crippen LogP) is 0.635. The van der Waals surface area contributed by atoms with E-state index in [1.807, 2.05) is 6.92 Å². The van der Waals surface area contributed by atoms with Crippen molar-refractivity contribution in [3.05, 3.63) is 29.8 Å². The molecule has 1 aromatic rings. The largest absolute Gasteiger partial charge is 0.368 e. The average molecular weight is 256 g/mol. The lowest BCUT2D eigenvalue weighted by Gasteiger charge is -2.26. The molecule has 94 valence electrons. The summed E-state index contributed by atoms with van der Waals surface area (Å²) in [5.41, 5.74) is 6.60. The molecule has 6 heteroatoms. The molecule has 0 bridgehead atoms. The summed E-state index contributed by atoms with van der Waals surface area (Å²) in [6, 6.07) is 5.95. The lowest BCUT2D eigenvalue weighted by atomic mass is 10.2. The van der Waals surface area contributed by atoms with Crippen molar-refractivity contribution in [3.63, 3.8) is 0 Å². The van der Waals surface area contributed by atoms with E-state index >= 15 is 0 Å². The number of aryl methyl sites for hydroxylation is 1. The van der Waals surface area contributed by atoms with E-state index in [1.54, 1.807) is 24.3 Å². The third-order valence-corrected chi connectivity index (χ3v) is 3.65. The van der Waals surface area contributed by atoms with Gasteiger partial charge in [-0.2, -0.15) is 0 Å². The van der Waals surface area contributed by atoms with Crippen LogP contribution in [-0.2, 0) is 14.8 Å². The number of benzene rings is 1. The molecule has 0 aliphatic heterocycles. The van der Waals surface area contributed by atoms with E-state index in [0.717, 1.165) is 16.1 Å². The van der Waals surface area contributed by atoms with Gasteiger partial charge in [-0.25, -0.2) is 8.42 Å². The summed E-state index contributed by atoms with van der Waals surface area (Å²) in [6.45, 7) is 3.36. The van der Waals surface area contributed by atoms with Crippen LogP contribution in [0.5, 0.6) is 0 Å². The first-order valence-corrected chi connectivity index (χ1v) is 6.93. The molecule has 1 amide bonds. The van der Waals surface area contributed by atoms with E-state index in [9.17, 15) is 13.2 Å². The van der Waals surface area contributed by atoms with Crippen LogP contribution in [0.4, 0.5) is 5.69 Å². The highest BCUT2D eigenvalue weighted by atomic mass is 32.2. The molecular formula is C11H16N2O3S. The second kappa shape index (κ2) is 4.75. The van der Waals surface area contributed by atoms with Gasteiger partial charge in [0, 0.05) is 0 Å². The number of rotatable bonds is 4. The average Bonchev–Trinajstić information content (AvgIpc) is 2.19. The lowest BCUT2D eigenvalue weighted by molar-refractivity contribution is -0.118. The first-order valence-electron chi connectivity index (χ1n) is 5.09. The Balaban J connectivity index is 3.25. The van der Waals surface area contributed by atoms with Crippen LogP contribution in [0.3, 0.4) is 0 Å². The summed E-state index contributed by atoms with van der Waals surface area (Å²) in [5.74, 6) is -0.684. The predicted molar refractivity (Wildman–Crippen MR) is 67.2 cm³/mol. The minimum Gasteiger partial charge on any atom is -0.368 e. The van der Waals surface area contributed by atoms with Gasteiger partial charge in [-0.15, -0.1) is 0 Å². The van der Waals surface area contributed by atoms with Crippen LogP contribution >= 0.6 is 0 Å². The molecule has 0 radical (unpaired) electrons. The SMILES string of the molecule is Cc1ccc(N(C(C)C(N)=O)S(C)(=O)=O)cc1. The summed E-state index contributed by atoms with van der Waals surface area (Å²) in [6.07, 6.45) is 1.05. The van der Waals surface area contributed by atoms with Gasteiger partial charge in [0.05, 0.1) is 11.9 Å². The van der Waals surface area contributed by atoms with Gasteiger partial charge in [0.1, 0.15) is 6.04 Å². The number of amides is 1. The van der Waals surface area contributed by atoms with Crippen LogP contribution in [0.2, 0.25) is 0 Å². The van der Waals surface area contributed by atoms with Crippen molar-refractivity contribution < 1.29 is 13.2 Å². The highest BCUT2D eigenvalue weighted by molar-refractivity contribution is 7.92. The molecule has 0 fully saturated rings. The first-order chi connectivity index (χ1) is 7.73. The van der Waals surface area contributed by atoms with Gasteiger partial charge in [0.2, 0.25) is 15.9 Å². The Morgan fingerprint density at radius 1 is 1.29 bits per heavy atom. The molecule has 0 saturated carbocycles. The number of hydrogen-bond donors (Lipinski definition) is 1. The van der Waals surface area contributed by atoms with E-state index in [-0.39, 0.29) is 0 Å². The second-order valence-electron chi connectivity index (χ2n) is 3.97. The van der Waals surface area contributed by atoms with Crippen LogP contribution in [0, 0.1) is 6.92 Å². The van der Waals surface area contributed by atoms with E-state index in [0.29, 0.717) is 5.69 Å². The normalized spacial score (nSPS) is 13.1. The third-order valence-electron chi connectivity index (χ3n) is 2.41. The molecule has 1 atom stereocenters. The Morgan fingerprint density at radius 2 is 1.76 bits per heavy atom. The van der Waals surface area contributed by atoms with Gasteiger partial charge >= 0.3 is 0 Å². The number of nitrogens with zero attached hydrogens (tertiary/aromatic N) is 1. The molecule has 0 heterocycles. The van der Waals surface area contributed by atoms with Gasteiger partial charge in [-0.3, -0.25) is 9.10 Å². The van der Waals surface area contributed by atoms with E-state index in [2.05, 4.69) is 0 Å². The van der Waals surface area contributed by atoms with Crippen LogP contribution in [0.25, 0.3) is 0 Å². The zero-order valence-electron chi connectivity index (χ0n) is 10.0. The first kappa shape index (κ1) is 13.5. The van der Waals surface area contributed by atoms with Gasteiger partial charge in [0.25, 0.3) is 0 Å². The number of nitrogens with two attached hydrogens (primary N) is 1. The van der Waals surface area contributed by atoms with Crippen molar-refractivity contribution in [3.8, 4) is 0 Å². The third kappa shape index (κ3) is 3.20. The Bertz CT molecular complexity index is 508. The molecule has 0 aliphatic carbocycles. The summed E-state index contributed by atoms with van der Waals surface area (Å²) in [4.78, 5) is 11.1. The molecule has 0 saturated heterocycles. The molecule has 1 unspecified atom stereocenters. The van der Waals surface area contributed by atoms with Crippen molar-refractivity contribution in [2.45, 2.75) is 19.9 Å². The van der Waals surface area contributed by atoms with Crippen LogP contribution in [-0.4, -0.2) is 26.6 Å². The van der Waals surface area contributed by atoms with Crippen molar-refractivity contribution >= 4 is 21.6 Å². The Kier molecular flexibility index (Phi) is 3.77. The van der Waals surface area contributed by atoms with Gasteiger partial charge in [0.15, 0.2) is 0 Å². The smallest absolute Gasteiger partial charge is 0.241 e. The Labute approximate surface area is 101 Å². The van der Waals surface area contributed by atoms with Crippen molar-refractivity contribution in [1.82, 2.24) is 0 Å². The maximum atomic E-state index is 11.7. The molecule has 5 nitrogen and oxygen atoms in total. The Morgan fingerprint density at radius 3 is 2.12 bits per heavy atom. The van der Waals surface area contributed by atoms with Gasteiger partial charge < -0.3 is 5.73 Å². The molecule has 17 heavy (non-hydrogen) atoms. The quantitative estimate of drug-likeness (QED) is 0.858.